The molecule has 0 unspecified atom stereocenters. The van der Waals surface area contributed by atoms with Gasteiger partial charge in [-0.3, -0.25) is 4.79 Å². The van der Waals surface area contributed by atoms with Gasteiger partial charge in [0.25, 0.3) is 0 Å². The van der Waals surface area contributed by atoms with Gasteiger partial charge >= 0.3 is 0 Å². The minimum Gasteiger partial charge on any atom is -0.396 e. The molecule has 0 aliphatic carbocycles. The van der Waals surface area contributed by atoms with E-state index in [1.807, 2.05) is 4.90 Å². The third kappa shape index (κ3) is 3.66. The zero-order valence-corrected chi connectivity index (χ0v) is 14.6. The predicted molar refractivity (Wildman–Crippen MR) is 90.7 cm³/mol. The smallest absolute Gasteiger partial charge is 0.222 e. The van der Waals surface area contributed by atoms with Crippen LogP contribution in [0.1, 0.15) is 44.0 Å². The molecular formula is C16H26N4O2S. The summed E-state index contributed by atoms with van der Waals surface area (Å²) in [6.45, 7) is 5.81. The molecule has 0 radical (unpaired) electrons. The number of likely N-dealkylation sites (tertiary alicyclic amines) is 1. The monoisotopic (exact) mass is 338 g/mol. The van der Waals surface area contributed by atoms with Crippen molar-refractivity contribution in [1.29, 1.82) is 0 Å². The lowest BCUT2D eigenvalue weighted by Crippen LogP contribution is -2.51. The number of carbonyl (C=O) groups excluding carboxylic acids is 1. The zero-order valence-electron chi connectivity index (χ0n) is 13.8. The van der Waals surface area contributed by atoms with E-state index in [0.717, 1.165) is 55.5 Å². The SMILES string of the molecule is CCc1nnc(N2CCC3(CCC(=O)N(CCCO)C3)CC2)s1. The molecule has 1 amide bonds. The van der Waals surface area contributed by atoms with Gasteiger partial charge in [0.05, 0.1) is 0 Å². The molecule has 6 nitrogen and oxygen atoms in total. The number of nitrogens with zero attached hydrogens (tertiary/aromatic N) is 4. The molecule has 3 rings (SSSR count). The topological polar surface area (TPSA) is 69.6 Å². The van der Waals surface area contributed by atoms with Crippen molar-refractivity contribution in [2.24, 2.45) is 5.41 Å². The van der Waals surface area contributed by atoms with Gasteiger partial charge in [-0.05, 0) is 37.5 Å². The maximum atomic E-state index is 12.1. The summed E-state index contributed by atoms with van der Waals surface area (Å²) in [7, 11) is 0. The molecule has 1 aromatic heterocycles. The number of amides is 1. The molecule has 0 atom stereocenters. The summed E-state index contributed by atoms with van der Waals surface area (Å²) in [6.07, 6.45) is 5.50. The summed E-state index contributed by atoms with van der Waals surface area (Å²) in [5.74, 6) is 0.253. The van der Waals surface area contributed by atoms with Gasteiger partial charge in [0.2, 0.25) is 11.0 Å². The van der Waals surface area contributed by atoms with Gasteiger partial charge in [-0.1, -0.05) is 18.3 Å². The Morgan fingerprint density at radius 2 is 2.04 bits per heavy atom. The lowest BCUT2D eigenvalue weighted by atomic mass is 9.72. The Morgan fingerprint density at radius 1 is 1.26 bits per heavy atom. The van der Waals surface area contributed by atoms with Crippen LogP contribution in [0.5, 0.6) is 0 Å². The second-order valence-corrected chi connectivity index (χ2v) is 7.75. The lowest BCUT2D eigenvalue weighted by molar-refractivity contribution is -0.138. The number of hydrogen-bond acceptors (Lipinski definition) is 6. The van der Waals surface area contributed by atoms with Crippen LogP contribution in [0.3, 0.4) is 0 Å². The van der Waals surface area contributed by atoms with Crippen LogP contribution in [0, 0.1) is 5.41 Å². The van der Waals surface area contributed by atoms with Crippen LogP contribution in [0.15, 0.2) is 0 Å². The first-order valence-electron chi connectivity index (χ1n) is 8.62. The highest BCUT2D eigenvalue weighted by Gasteiger charge is 2.41. The molecule has 2 fully saturated rings. The van der Waals surface area contributed by atoms with Gasteiger partial charge in [-0.15, -0.1) is 10.2 Å². The number of rotatable bonds is 5. The molecule has 23 heavy (non-hydrogen) atoms. The highest BCUT2D eigenvalue weighted by molar-refractivity contribution is 7.15. The van der Waals surface area contributed by atoms with E-state index < -0.39 is 0 Å². The maximum Gasteiger partial charge on any atom is 0.222 e. The van der Waals surface area contributed by atoms with Crippen LogP contribution in [0.2, 0.25) is 0 Å². The second-order valence-electron chi connectivity index (χ2n) is 6.71. The maximum absolute atomic E-state index is 12.1. The van der Waals surface area contributed by atoms with Gasteiger partial charge in [0.15, 0.2) is 0 Å². The number of piperidine rings is 2. The lowest BCUT2D eigenvalue weighted by Gasteiger charge is -2.47. The predicted octanol–water partition coefficient (Wildman–Crippen LogP) is 1.69. The molecular weight excluding hydrogens is 312 g/mol. The van der Waals surface area contributed by atoms with E-state index >= 15 is 0 Å². The number of aliphatic hydroxyl groups is 1. The fourth-order valence-corrected chi connectivity index (χ4v) is 4.49. The van der Waals surface area contributed by atoms with Gasteiger partial charge in [0.1, 0.15) is 5.01 Å². The van der Waals surface area contributed by atoms with Crippen LogP contribution in [0.4, 0.5) is 5.13 Å². The number of anilines is 1. The Bertz CT molecular complexity index is 540. The summed E-state index contributed by atoms with van der Waals surface area (Å²) in [6, 6.07) is 0. The fourth-order valence-electron chi connectivity index (χ4n) is 3.66. The van der Waals surface area contributed by atoms with Crippen LogP contribution in [0.25, 0.3) is 0 Å². The number of aromatic nitrogens is 2. The van der Waals surface area contributed by atoms with Gasteiger partial charge in [-0.25, -0.2) is 0 Å². The van der Waals surface area contributed by atoms with E-state index in [0.29, 0.717) is 19.4 Å². The first kappa shape index (κ1) is 16.6. The summed E-state index contributed by atoms with van der Waals surface area (Å²) in [5, 5.41) is 19.7. The first-order valence-corrected chi connectivity index (χ1v) is 9.43. The molecule has 1 N–H and O–H groups in total. The third-order valence-electron chi connectivity index (χ3n) is 5.19. The minimum absolute atomic E-state index is 0.154. The number of aliphatic hydroxyl groups excluding tert-OH is 1. The fraction of sp³-hybridized carbons (Fsp3) is 0.812. The molecule has 2 saturated heterocycles. The van der Waals surface area contributed by atoms with Crippen LogP contribution < -0.4 is 4.90 Å². The van der Waals surface area contributed by atoms with Crippen molar-refractivity contribution in [3.05, 3.63) is 5.01 Å². The summed E-state index contributed by atoms with van der Waals surface area (Å²) >= 11 is 1.70. The Labute approximate surface area is 141 Å². The number of carbonyl (C=O) groups is 1. The molecule has 1 aromatic rings. The van der Waals surface area contributed by atoms with Crippen molar-refractivity contribution in [2.75, 3.05) is 37.7 Å². The zero-order chi connectivity index (χ0) is 16.3. The van der Waals surface area contributed by atoms with E-state index in [4.69, 9.17) is 5.11 Å². The summed E-state index contributed by atoms with van der Waals surface area (Å²) < 4.78 is 0. The second kappa shape index (κ2) is 7.13. The largest absolute Gasteiger partial charge is 0.396 e. The average molecular weight is 338 g/mol. The minimum atomic E-state index is 0.154. The molecule has 2 aliphatic rings. The van der Waals surface area contributed by atoms with Crippen LogP contribution >= 0.6 is 11.3 Å². The Morgan fingerprint density at radius 3 is 2.70 bits per heavy atom. The standard InChI is InChI=1S/C16H26N4O2S/c1-2-13-17-18-15(23-13)19-9-6-16(7-10-19)5-4-14(22)20(12-16)8-3-11-21/h21H,2-12H2,1H3. The molecule has 3 heterocycles. The van der Waals surface area contributed by atoms with Crippen molar-refractivity contribution in [3.63, 3.8) is 0 Å². The Kier molecular flexibility index (Phi) is 5.16. The van der Waals surface area contributed by atoms with Gasteiger partial charge in [0, 0.05) is 39.2 Å². The normalized spacial score (nSPS) is 21.2. The first-order chi connectivity index (χ1) is 11.2. The van der Waals surface area contributed by atoms with E-state index in [2.05, 4.69) is 22.0 Å². The Balaban J connectivity index is 1.59. The average Bonchev–Trinajstić information content (AvgIpc) is 3.06. The molecule has 0 aromatic carbocycles. The van der Waals surface area contributed by atoms with Crippen molar-refractivity contribution >= 4 is 22.4 Å². The summed E-state index contributed by atoms with van der Waals surface area (Å²) in [4.78, 5) is 16.4. The van der Waals surface area contributed by atoms with Gasteiger partial charge < -0.3 is 14.9 Å². The van der Waals surface area contributed by atoms with Crippen molar-refractivity contribution in [2.45, 2.75) is 45.4 Å². The highest BCUT2D eigenvalue weighted by Crippen LogP contribution is 2.41. The van der Waals surface area contributed by atoms with Gasteiger partial charge in [-0.2, -0.15) is 0 Å². The van der Waals surface area contributed by atoms with E-state index in [-0.39, 0.29) is 17.9 Å². The number of hydrogen-bond donors (Lipinski definition) is 1. The van der Waals surface area contributed by atoms with Crippen LogP contribution in [-0.2, 0) is 11.2 Å². The summed E-state index contributed by atoms with van der Waals surface area (Å²) in [5.41, 5.74) is 0.262. The van der Waals surface area contributed by atoms with Crippen molar-refractivity contribution in [3.8, 4) is 0 Å². The third-order valence-corrected chi connectivity index (χ3v) is 6.32. The molecule has 2 aliphatic heterocycles. The quantitative estimate of drug-likeness (QED) is 0.885. The van der Waals surface area contributed by atoms with E-state index in [1.165, 1.54) is 0 Å². The van der Waals surface area contributed by atoms with Crippen LogP contribution in [-0.4, -0.2) is 58.9 Å². The van der Waals surface area contributed by atoms with Crippen molar-refractivity contribution < 1.29 is 9.90 Å². The Hall–Kier alpha value is -1.21. The molecule has 0 saturated carbocycles. The molecule has 128 valence electrons. The van der Waals surface area contributed by atoms with Crippen molar-refractivity contribution in [1.82, 2.24) is 15.1 Å². The van der Waals surface area contributed by atoms with E-state index in [9.17, 15) is 4.79 Å². The molecule has 1 spiro atoms. The number of aryl methyl sites for hydroxylation is 1. The molecule has 7 heteroatoms. The van der Waals surface area contributed by atoms with E-state index in [1.54, 1.807) is 11.3 Å². The molecule has 0 bridgehead atoms. The highest BCUT2D eigenvalue weighted by atomic mass is 32.1.